The van der Waals surface area contributed by atoms with Gasteiger partial charge in [0.05, 0.1) is 22.3 Å². The Hall–Kier alpha value is -2.71. The summed E-state index contributed by atoms with van der Waals surface area (Å²) in [7, 11) is -0.648. The fourth-order valence-electron chi connectivity index (χ4n) is 2.95. The first-order valence-electron chi connectivity index (χ1n) is 9.02. The van der Waals surface area contributed by atoms with Gasteiger partial charge in [0.1, 0.15) is 0 Å². The number of carbonyl (C=O) groups is 1. The van der Waals surface area contributed by atoms with Gasteiger partial charge in [-0.15, -0.1) is 0 Å². The minimum Gasteiger partial charge on any atom is -0.352 e. The van der Waals surface area contributed by atoms with Crippen molar-refractivity contribution in [2.24, 2.45) is 0 Å². The van der Waals surface area contributed by atoms with Crippen LogP contribution in [0.5, 0.6) is 0 Å². The fourth-order valence-corrected chi connectivity index (χ4v) is 3.88. The third-order valence-electron chi connectivity index (χ3n) is 4.62. The van der Waals surface area contributed by atoms with E-state index in [1.54, 1.807) is 19.3 Å². The Morgan fingerprint density at radius 2 is 1.93 bits per heavy atom. The zero-order valence-electron chi connectivity index (χ0n) is 16.2. The van der Waals surface area contributed by atoms with Crippen LogP contribution in [-0.2, 0) is 16.6 Å². The minimum absolute atomic E-state index is 0.109. The van der Waals surface area contributed by atoms with E-state index in [4.69, 9.17) is 0 Å². The lowest BCUT2D eigenvalue weighted by Crippen LogP contribution is -2.27. The normalized spacial score (nSPS) is 11.9. The van der Waals surface area contributed by atoms with Crippen LogP contribution in [0.3, 0.4) is 0 Å². The third kappa shape index (κ3) is 4.07. The number of rotatable bonds is 7. The van der Waals surface area contributed by atoms with Gasteiger partial charge in [0.15, 0.2) is 0 Å². The molecule has 1 amide bonds. The molecule has 3 rings (SSSR count). The number of para-hydroxylation sites is 2. The Morgan fingerprint density at radius 3 is 2.68 bits per heavy atom. The molecule has 0 spiro atoms. The van der Waals surface area contributed by atoms with Gasteiger partial charge in [-0.2, -0.15) is 0 Å². The van der Waals surface area contributed by atoms with E-state index >= 15 is 0 Å². The summed E-state index contributed by atoms with van der Waals surface area (Å²) in [6.45, 7) is 3.00. The molecule has 148 valence electrons. The molecule has 1 aromatic heterocycles. The highest BCUT2D eigenvalue weighted by molar-refractivity contribution is 7.89. The zero-order chi connectivity index (χ0) is 20.3. The quantitative estimate of drug-likeness (QED) is 0.617. The van der Waals surface area contributed by atoms with Crippen molar-refractivity contribution in [3.05, 3.63) is 59.9 Å². The molecule has 1 heterocycles. The highest BCUT2D eigenvalue weighted by Crippen LogP contribution is 2.18. The summed E-state index contributed by atoms with van der Waals surface area (Å²) in [5.41, 5.74) is 3.11. The number of aryl methyl sites for hydroxylation is 2. The van der Waals surface area contributed by atoms with Crippen molar-refractivity contribution in [2.75, 3.05) is 20.6 Å². The number of nitrogens with one attached hydrogen (secondary N) is 1. The van der Waals surface area contributed by atoms with Gasteiger partial charge < -0.3 is 9.88 Å². The van der Waals surface area contributed by atoms with Crippen molar-refractivity contribution < 1.29 is 13.2 Å². The van der Waals surface area contributed by atoms with Gasteiger partial charge in [-0.1, -0.05) is 18.2 Å². The first-order valence-corrected chi connectivity index (χ1v) is 10.5. The number of imidazole rings is 1. The average Bonchev–Trinajstić information content (AvgIpc) is 3.08. The molecule has 2 aromatic carbocycles. The molecule has 0 aliphatic rings. The minimum atomic E-state index is -3.58. The van der Waals surface area contributed by atoms with Gasteiger partial charge in [0.25, 0.3) is 5.91 Å². The number of nitrogens with zero attached hydrogens (tertiary/aromatic N) is 3. The monoisotopic (exact) mass is 400 g/mol. The maximum Gasteiger partial charge on any atom is 0.251 e. The Kier molecular flexibility index (Phi) is 5.81. The van der Waals surface area contributed by atoms with E-state index in [1.807, 2.05) is 24.3 Å². The van der Waals surface area contributed by atoms with Gasteiger partial charge in [0, 0.05) is 32.7 Å². The first kappa shape index (κ1) is 20.0. The van der Waals surface area contributed by atoms with Crippen molar-refractivity contribution in [2.45, 2.75) is 24.8 Å². The summed E-state index contributed by atoms with van der Waals surface area (Å²) in [6, 6.07) is 12.5. The highest BCUT2D eigenvalue weighted by Gasteiger charge is 2.20. The summed E-state index contributed by atoms with van der Waals surface area (Å²) in [5, 5.41) is 2.88. The second-order valence-electron chi connectivity index (χ2n) is 6.80. The molecule has 1 N–H and O–H groups in total. The second-order valence-corrected chi connectivity index (χ2v) is 8.95. The van der Waals surface area contributed by atoms with Crippen LogP contribution in [0.1, 0.15) is 22.3 Å². The molecule has 7 nitrogen and oxygen atoms in total. The van der Waals surface area contributed by atoms with Crippen molar-refractivity contribution in [3.63, 3.8) is 0 Å². The summed E-state index contributed by atoms with van der Waals surface area (Å²) >= 11 is 0. The number of carbonyl (C=O) groups excluding carboxylic acids is 1. The number of amides is 1. The van der Waals surface area contributed by atoms with Crippen LogP contribution in [0.2, 0.25) is 0 Å². The Bertz CT molecular complexity index is 1100. The van der Waals surface area contributed by atoms with E-state index < -0.39 is 10.0 Å². The first-order chi connectivity index (χ1) is 13.3. The molecule has 0 saturated heterocycles. The summed E-state index contributed by atoms with van der Waals surface area (Å²) in [4.78, 5) is 17.0. The van der Waals surface area contributed by atoms with Gasteiger partial charge in [-0.3, -0.25) is 4.79 Å². The molecule has 8 heteroatoms. The highest BCUT2D eigenvalue weighted by atomic mass is 32.2. The van der Waals surface area contributed by atoms with Crippen molar-refractivity contribution in [1.29, 1.82) is 0 Å². The second kappa shape index (κ2) is 8.12. The third-order valence-corrected chi connectivity index (χ3v) is 6.43. The van der Waals surface area contributed by atoms with Crippen LogP contribution in [0.4, 0.5) is 0 Å². The van der Waals surface area contributed by atoms with Crippen LogP contribution in [0.15, 0.2) is 53.7 Å². The largest absolute Gasteiger partial charge is 0.352 e. The van der Waals surface area contributed by atoms with Crippen molar-refractivity contribution in [1.82, 2.24) is 19.2 Å². The zero-order valence-corrected chi connectivity index (χ0v) is 17.0. The van der Waals surface area contributed by atoms with Gasteiger partial charge in [-0.25, -0.2) is 17.7 Å². The van der Waals surface area contributed by atoms with Crippen molar-refractivity contribution in [3.8, 4) is 0 Å². The molecule has 0 radical (unpaired) electrons. The average molecular weight is 401 g/mol. The molecule has 0 saturated carbocycles. The van der Waals surface area contributed by atoms with Crippen LogP contribution < -0.4 is 5.32 Å². The number of benzene rings is 2. The molecular formula is C20H24N4O3S. The topological polar surface area (TPSA) is 84.3 Å². The maximum absolute atomic E-state index is 12.5. The molecule has 0 aliphatic heterocycles. The van der Waals surface area contributed by atoms with E-state index in [0.29, 0.717) is 12.1 Å². The van der Waals surface area contributed by atoms with Crippen LogP contribution in [0.25, 0.3) is 11.0 Å². The summed E-state index contributed by atoms with van der Waals surface area (Å²) in [5.74, 6) is -0.274. The van der Waals surface area contributed by atoms with Crippen LogP contribution >= 0.6 is 0 Å². The standard InChI is InChI=1S/C20H24N4O3S/c1-15-9-10-16(28(26,27)23(2)3)13-17(15)20(25)21-11-6-12-24-14-22-18-7-4-5-8-19(18)24/h4-5,7-10,13-14H,6,11-12H2,1-3H3,(H,21,25). The number of sulfonamides is 1. The van der Waals surface area contributed by atoms with Gasteiger partial charge in [-0.05, 0) is 43.2 Å². The Labute approximate surface area is 165 Å². The van der Waals surface area contributed by atoms with Crippen LogP contribution in [-0.4, -0.2) is 48.8 Å². The SMILES string of the molecule is Cc1ccc(S(=O)(=O)N(C)C)cc1C(=O)NCCCn1cnc2ccccc21. The Balaban J connectivity index is 1.63. The predicted molar refractivity (Wildman–Crippen MR) is 109 cm³/mol. The smallest absolute Gasteiger partial charge is 0.251 e. The van der Waals surface area contributed by atoms with Gasteiger partial charge in [0.2, 0.25) is 10.0 Å². The molecule has 0 bridgehead atoms. The number of hydrogen-bond donors (Lipinski definition) is 1. The van der Waals surface area contributed by atoms with Gasteiger partial charge >= 0.3 is 0 Å². The molecular weight excluding hydrogens is 376 g/mol. The van der Waals surface area contributed by atoms with E-state index in [2.05, 4.69) is 14.9 Å². The molecule has 0 atom stereocenters. The molecule has 0 aliphatic carbocycles. The molecule has 0 unspecified atom stereocenters. The number of hydrogen-bond acceptors (Lipinski definition) is 4. The predicted octanol–water partition coefficient (Wildman–Crippen LogP) is 2.42. The maximum atomic E-state index is 12.5. The molecule has 28 heavy (non-hydrogen) atoms. The van der Waals surface area contributed by atoms with E-state index in [1.165, 1.54) is 26.2 Å². The summed E-state index contributed by atoms with van der Waals surface area (Å²) in [6.07, 6.45) is 2.53. The lowest BCUT2D eigenvalue weighted by Gasteiger charge is -2.14. The number of fused-ring (bicyclic) bond motifs is 1. The lowest BCUT2D eigenvalue weighted by molar-refractivity contribution is 0.0952. The lowest BCUT2D eigenvalue weighted by atomic mass is 10.1. The molecule has 3 aromatic rings. The van der Waals surface area contributed by atoms with Crippen molar-refractivity contribution >= 4 is 27.0 Å². The fraction of sp³-hybridized carbons (Fsp3) is 0.300. The summed E-state index contributed by atoms with van der Waals surface area (Å²) < 4.78 is 27.8. The van der Waals surface area contributed by atoms with E-state index in [0.717, 1.165) is 33.9 Å². The Morgan fingerprint density at radius 1 is 1.18 bits per heavy atom. The van der Waals surface area contributed by atoms with E-state index in [9.17, 15) is 13.2 Å². The van der Waals surface area contributed by atoms with Crippen LogP contribution in [0, 0.1) is 6.92 Å². The van der Waals surface area contributed by atoms with E-state index in [-0.39, 0.29) is 10.8 Å². The molecule has 0 fully saturated rings. The number of aromatic nitrogens is 2.